The highest BCUT2D eigenvalue weighted by Gasteiger charge is 2.09. The van der Waals surface area contributed by atoms with E-state index in [1.54, 1.807) is 0 Å². The highest BCUT2D eigenvalue weighted by molar-refractivity contribution is 5.98. The molecular formula is C21H27ClN2O2. The predicted molar refractivity (Wildman–Crippen MR) is 109 cm³/mol. The number of nitrogens with one attached hydrogen (secondary N) is 2. The van der Waals surface area contributed by atoms with Gasteiger partial charge in [-0.3, -0.25) is 9.59 Å². The van der Waals surface area contributed by atoms with Gasteiger partial charge in [-0.05, 0) is 24.1 Å². The topological polar surface area (TPSA) is 58.2 Å². The highest BCUT2D eigenvalue weighted by Crippen LogP contribution is 2.19. The minimum absolute atomic E-state index is 0. The van der Waals surface area contributed by atoms with Crippen LogP contribution in [0.2, 0.25) is 0 Å². The van der Waals surface area contributed by atoms with E-state index < -0.39 is 0 Å². The van der Waals surface area contributed by atoms with Crippen molar-refractivity contribution in [3.05, 3.63) is 60.2 Å². The average Bonchev–Trinajstić information content (AvgIpc) is 2.67. The SMILES string of the molecule is CCCNCCNC(=O)CCC(=O)c1ccc(-c2ccccc2)cc1.Cl. The normalized spacial score (nSPS) is 10.0. The Balaban J connectivity index is 0.00000338. The van der Waals surface area contributed by atoms with Gasteiger partial charge in [-0.1, -0.05) is 61.5 Å². The van der Waals surface area contributed by atoms with Crippen molar-refractivity contribution >= 4 is 24.1 Å². The maximum atomic E-state index is 12.2. The van der Waals surface area contributed by atoms with Gasteiger partial charge in [0.2, 0.25) is 5.91 Å². The molecule has 26 heavy (non-hydrogen) atoms. The summed E-state index contributed by atoms with van der Waals surface area (Å²) in [7, 11) is 0. The fraction of sp³-hybridized carbons (Fsp3) is 0.333. The molecule has 140 valence electrons. The van der Waals surface area contributed by atoms with Crippen LogP contribution in [0.4, 0.5) is 0 Å². The summed E-state index contributed by atoms with van der Waals surface area (Å²) in [6.45, 7) is 4.41. The second-order valence-electron chi connectivity index (χ2n) is 5.97. The van der Waals surface area contributed by atoms with Crippen LogP contribution in [0.3, 0.4) is 0 Å². The van der Waals surface area contributed by atoms with Gasteiger partial charge >= 0.3 is 0 Å². The van der Waals surface area contributed by atoms with E-state index in [4.69, 9.17) is 0 Å². The van der Waals surface area contributed by atoms with E-state index in [0.717, 1.165) is 30.6 Å². The van der Waals surface area contributed by atoms with Gasteiger partial charge in [-0.2, -0.15) is 0 Å². The summed E-state index contributed by atoms with van der Waals surface area (Å²) < 4.78 is 0. The molecule has 0 heterocycles. The molecule has 0 radical (unpaired) electrons. The van der Waals surface area contributed by atoms with E-state index >= 15 is 0 Å². The molecule has 0 spiro atoms. The smallest absolute Gasteiger partial charge is 0.220 e. The van der Waals surface area contributed by atoms with Crippen LogP contribution in [0.1, 0.15) is 36.5 Å². The van der Waals surface area contributed by atoms with Gasteiger partial charge in [0.05, 0.1) is 0 Å². The first kappa shape index (κ1) is 21.9. The van der Waals surface area contributed by atoms with Crippen LogP contribution in [0.25, 0.3) is 11.1 Å². The molecule has 0 saturated heterocycles. The summed E-state index contributed by atoms with van der Waals surface area (Å²) in [5, 5.41) is 6.04. The molecule has 5 heteroatoms. The van der Waals surface area contributed by atoms with Crippen molar-refractivity contribution in [3.8, 4) is 11.1 Å². The van der Waals surface area contributed by atoms with Crippen molar-refractivity contribution in [2.24, 2.45) is 0 Å². The van der Waals surface area contributed by atoms with E-state index in [2.05, 4.69) is 17.6 Å². The Hall–Kier alpha value is -2.17. The maximum absolute atomic E-state index is 12.2. The summed E-state index contributed by atoms with van der Waals surface area (Å²) in [6, 6.07) is 17.6. The Labute approximate surface area is 161 Å². The Morgan fingerprint density at radius 2 is 1.46 bits per heavy atom. The number of halogens is 1. The van der Waals surface area contributed by atoms with Crippen LogP contribution >= 0.6 is 12.4 Å². The lowest BCUT2D eigenvalue weighted by atomic mass is 10.0. The lowest BCUT2D eigenvalue weighted by Gasteiger charge is -2.06. The third-order valence-electron chi connectivity index (χ3n) is 3.94. The van der Waals surface area contributed by atoms with Crippen molar-refractivity contribution in [2.45, 2.75) is 26.2 Å². The number of hydrogen-bond donors (Lipinski definition) is 2. The summed E-state index contributed by atoms with van der Waals surface area (Å²) in [5.74, 6) is -0.0774. The Morgan fingerprint density at radius 1 is 0.808 bits per heavy atom. The largest absolute Gasteiger partial charge is 0.355 e. The van der Waals surface area contributed by atoms with Gasteiger partial charge in [0.1, 0.15) is 0 Å². The van der Waals surface area contributed by atoms with Gasteiger partial charge < -0.3 is 10.6 Å². The third kappa shape index (κ3) is 7.38. The number of hydrogen-bond acceptors (Lipinski definition) is 3. The van der Waals surface area contributed by atoms with Crippen molar-refractivity contribution in [2.75, 3.05) is 19.6 Å². The first-order chi connectivity index (χ1) is 12.2. The second-order valence-corrected chi connectivity index (χ2v) is 5.97. The van der Waals surface area contributed by atoms with Crippen LogP contribution in [-0.2, 0) is 4.79 Å². The third-order valence-corrected chi connectivity index (χ3v) is 3.94. The summed E-state index contributed by atoms with van der Waals surface area (Å²) in [4.78, 5) is 24.0. The summed E-state index contributed by atoms with van der Waals surface area (Å²) in [5.41, 5.74) is 2.85. The van der Waals surface area contributed by atoms with Gasteiger partial charge in [-0.25, -0.2) is 0 Å². The van der Waals surface area contributed by atoms with Gasteiger partial charge in [0.25, 0.3) is 0 Å². The van der Waals surface area contributed by atoms with Crippen molar-refractivity contribution in [3.63, 3.8) is 0 Å². The number of amides is 1. The average molecular weight is 375 g/mol. The quantitative estimate of drug-likeness (QED) is 0.490. The minimum atomic E-state index is -0.0763. The molecule has 1 amide bonds. The molecule has 0 atom stereocenters. The summed E-state index contributed by atoms with van der Waals surface area (Å²) in [6.07, 6.45) is 1.54. The van der Waals surface area contributed by atoms with Crippen molar-refractivity contribution < 1.29 is 9.59 Å². The molecular weight excluding hydrogens is 348 g/mol. The maximum Gasteiger partial charge on any atom is 0.220 e. The predicted octanol–water partition coefficient (Wildman–Crippen LogP) is 3.85. The van der Waals surface area contributed by atoms with E-state index in [-0.39, 0.29) is 36.9 Å². The van der Waals surface area contributed by atoms with Crippen LogP contribution < -0.4 is 10.6 Å². The first-order valence-electron chi connectivity index (χ1n) is 8.87. The standard InChI is InChI=1S/C21H26N2O2.ClH/c1-2-14-22-15-16-23-21(25)13-12-20(24)19-10-8-18(9-11-19)17-6-4-3-5-7-17;/h3-11,22H,2,12-16H2,1H3,(H,23,25);1H. The number of ketones is 1. The molecule has 0 aliphatic rings. The molecule has 2 N–H and O–H groups in total. The lowest BCUT2D eigenvalue weighted by Crippen LogP contribution is -2.32. The van der Waals surface area contributed by atoms with Crippen LogP contribution in [0.15, 0.2) is 54.6 Å². The molecule has 2 aromatic carbocycles. The Bertz CT molecular complexity index is 672. The molecule has 0 unspecified atom stereocenters. The minimum Gasteiger partial charge on any atom is -0.355 e. The molecule has 2 rings (SSSR count). The Morgan fingerprint density at radius 3 is 2.12 bits per heavy atom. The molecule has 0 fully saturated rings. The Kier molecular flexibility index (Phi) is 10.3. The number of carbonyl (C=O) groups excluding carboxylic acids is 2. The number of Topliss-reactive ketones (excluding diaryl/α,β-unsaturated/α-hetero) is 1. The van der Waals surface area contributed by atoms with Crippen molar-refractivity contribution in [1.82, 2.24) is 10.6 Å². The number of benzene rings is 2. The zero-order valence-corrected chi connectivity index (χ0v) is 16.0. The second kappa shape index (κ2) is 12.2. The molecule has 0 aromatic heterocycles. The monoisotopic (exact) mass is 374 g/mol. The van der Waals surface area contributed by atoms with Gasteiger partial charge in [-0.15, -0.1) is 12.4 Å². The number of carbonyl (C=O) groups is 2. The molecule has 0 aliphatic carbocycles. The van der Waals surface area contributed by atoms with E-state index in [9.17, 15) is 9.59 Å². The van der Waals surface area contributed by atoms with Crippen LogP contribution in [0.5, 0.6) is 0 Å². The highest BCUT2D eigenvalue weighted by atomic mass is 35.5. The molecule has 4 nitrogen and oxygen atoms in total. The van der Waals surface area contributed by atoms with Crippen molar-refractivity contribution in [1.29, 1.82) is 0 Å². The molecule has 0 saturated carbocycles. The summed E-state index contributed by atoms with van der Waals surface area (Å²) >= 11 is 0. The van der Waals surface area contributed by atoms with E-state index in [1.807, 2.05) is 54.6 Å². The number of rotatable bonds is 10. The van der Waals surface area contributed by atoms with E-state index in [0.29, 0.717) is 12.1 Å². The molecule has 0 bridgehead atoms. The molecule has 0 aliphatic heterocycles. The van der Waals surface area contributed by atoms with Crippen LogP contribution in [0, 0.1) is 0 Å². The zero-order valence-electron chi connectivity index (χ0n) is 15.2. The van der Waals surface area contributed by atoms with Gasteiger partial charge in [0.15, 0.2) is 5.78 Å². The molecule has 2 aromatic rings. The first-order valence-corrected chi connectivity index (χ1v) is 8.87. The fourth-order valence-corrected chi connectivity index (χ4v) is 2.53. The lowest BCUT2D eigenvalue weighted by molar-refractivity contribution is -0.121. The van der Waals surface area contributed by atoms with Crippen LogP contribution in [-0.4, -0.2) is 31.3 Å². The van der Waals surface area contributed by atoms with Gasteiger partial charge in [0, 0.05) is 31.5 Å². The van der Waals surface area contributed by atoms with E-state index in [1.165, 1.54) is 0 Å². The zero-order chi connectivity index (χ0) is 17.9. The fourth-order valence-electron chi connectivity index (χ4n) is 2.53.